The summed E-state index contributed by atoms with van der Waals surface area (Å²) < 4.78 is 9.03. The second kappa shape index (κ2) is 7.63. The molecule has 2 heterocycles. The van der Waals surface area contributed by atoms with E-state index in [1.807, 2.05) is 72.5 Å². The summed E-state index contributed by atoms with van der Waals surface area (Å²) in [6, 6.07) is 15.9. The summed E-state index contributed by atoms with van der Waals surface area (Å²) in [6.07, 6.45) is 3.88. The number of hydrogen-bond acceptors (Lipinski definition) is 6. The molecule has 0 unspecified atom stereocenters. The maximum Gasteiger partial charge on any atom is 0.214 e. The lowest BCUT2D eigenvalue weighted by Gasteiger charge is -2.10. The summed E-state index contributed by atoms with van der Waals surface area (Å²) in [5, 5.41) is 17.3. The lowest BCUT2D eigenvalue weighted by atomic mass is 10.2. The Morgan fingerprint density at radius 1 is 1.11 bits per heavy atom. The quantitative estimate of drug-likeness (QED) is 0.479. The van der Waals surface area contributed by atoms with Crippen molar-refractivity contribution in [2.45, 2.75) is 17.8 Å². The predicted octanol–water partition coefficient (Wildman–Crippen LogP) is 3.46. The van der Waals surface area contributed by atoms with Gasteiger partial charge in [0.2, 0.25) is 5.16 Å². The van der Waals surface area contributed by atoms with Crippen LogP contribution in [0.2, 0.25) is 0 Å². The van der Waals surface area contributed by atoms with Gasteiger partial charge in [-0.15, -0.1) is 5.10 Å². The number of rotatable bonds is 6. The number of thioether (sulfide) groups is 1. The second-order valence-corrected chi connectivity index (χ2v) is 6.91. The van der Waals surface area contributed by atoms with Gasteiger partial charge in [-0.3, -0.25) is 0 Å². The Hall–Kier alpha value is -3.13. The van der Waals surface area contributed by atoms with Crippen LogP contribution in [0, 0.1) is 6.92 Å². The van der Waals surface area contributed by atoms with Crippen molar-refractivity contribution in [1.29, 1.82) is 0 Å². The van der Waals surface area contributed by atoms with Gasteiger partial charge in [0.05, 0.1) is 19.0 Å². The molecule has 0 aliphatic rings. The number of methoxy groups -OCH3 is 1. The molecule has 8 heteroatoms. The third-order valence-electron chi connectivity index (χ3n) is 4.03. The van der Waals surface area contributed by atoms with E-state index in [1.165, 1.54) is 0 Å². The first-order valence-electron chi connectivity index (χ1n) is 8.40. The van der Waals surface area contributed by atoms with Gasteiger partial charge in [0.25, 0.3) is 0 Å². The summed E-state index contributed by atoms with van der Waals surface area (Å²) in [7, 11) is 1.64. The number of para-hydroxylation sites is 1. The van der Waals surface area contributed by atoms with Gasteiger partial charge in [0, 0.05) is 17.5 Å². The van der Waals surface area contributed by atoms with E-state index in [4.69, 9.17) is 4.74 Å². The van der Waals surface area contributed by atoms with Gasteiger partial charge in [0.1, 0.15) is 11.4 Å². The van der Waals surface area contributed by atoms with E-state index in [0.29, 0.717) is 10.9 Å². The molecule has 0 spiro atoms. The van der Waals surface area contributed by atoms with Gasteiger partial charge in [-0.05, 0) is 47.2 Å². The minimum Gasteiger partial charge on any atom is -0.494 e. The number of aromatic nitrogens is 6. The summed E-state index contributed by atoms with van der Waals surface area (Å²) in [5.41, 5.74) is 4.06. The maximum absolute atomic E-state index is 5.46. The average Bonchev–Trinajstić information content (AvgIpc) is 3.36. The number of ether oxygens (including phenoxy) is 1. The van der Waals surface area contributed by atoms with Crippen molar-refractivity contribution in [3.63, 3.8) is 0 Å². The average molecular weight is 378 g/mol. The van der Waals surface area contributed by atoms with Crippen LogP contribution in [0.3, 0.4) is 0 Å². The molecule has 0 aliphatic heterocycles. The molecule has 0 amide bonds. The van der Waals surface area contributed by atoms with Crippen LogP contribution in [0.15, 0.2) is 66.1 Å². The molecule has 136 valence electrons. The highest BCUT2D eigenvalue weighted by Gasteiger charge is 2.14. The van der Waals surface area contributed by atoms with E-state index in [0.717, 1.165) is 28.3 Å². The molecular weight excluding hydrogens is 360 g/mol. The van der Waals surface area contributed by atoms with Crippen molar-refractivity contribution in [1.82, 2.24) is 30.0 Å². The number of benzene rings is 2. The molecule has 4 rings (SSSR count). The lowest BCUT2D eigenvalue weighted by Crippen LogP contribution is -2.02. The lowest BCUT2D eigenvalue weighted by molar-refractivity contribution is 0.410. The normalized spacial score (nSPS) is 10.9. The van der Waals surface area contributed by atoms with Crippen LogP contribution in [-0.2, 0) is 5.75 Å². The molecule has 27 heavy (non-hydrogen) atoms. The van der Waals surface area contributed by atoms with Crippen LogP contribution >= 0.6 is 11.8 Å². The zero-order valence-corrected chi connectivity index (χ0v) is 15.8. The molecule has 0 fully saturated rings. The molecule has 2 aromatic heterocycles. The summed E-state index contributed by atoms with van der Waals surface area (Å²) in [6.45, 7) is 2.03. The van der Waals surface area contributed by atoms with Crippen molar-refractivity contribution in [3.8, 4) is 17.1 Å². The maximum atomic E-state index is 5.46. The van der Waals surface area contributed by atoms with Crippen LogP contribution in [0.1, 0.15) is 11.1 Å². The van der Waals surface area contributed by atoms with Gasteiger partial charge in [0.15, 0.2) is 0 Å². The molecule has 0 N–H and O–H groups in total. The molecular formula is C19H18N6OS. The summed E-state index contributed by atoms with van der Waals surface area (Å²) in [4.78, 5) is 0. The molecule has 0 saturated heterocycles. The highest BCUT2D eigenvalue weighted by Crippen LogP contribution is 2.28. The minimum absolute atomic E-state index is 0.700. The van der Waals surface area contributed by atoms with E-state index < -0.39 is 0 Å². The Bertz CT molecular complexity index is 1040. The van der Waals surface area contributed by atoms with Crippen molar-refractivity contribution in [3.05, 3.63) is 72.1 Å². The van der Waals surface area contributed by atoms with Gasteiger partial charge >= 0.3 is 0 Å². The SMILES string of the molecule is COc1ccc(C)cc1-n1nnnc1SCc1cnn(-c2ccccc2)c1. The standard InChI is InChI=1S/C19H18N6OS/c1-14-8-9-18(26-2)17(10-14)25-19(21-22-23-25)27-13-15-11-20-24(12-15)16-6-4-3-5-7-16/h3-12H,13H2,1-2H3. The third kappa shape index (κ3) is 3.70. The first kappa shape index (κ1) is 17.3. The van der Waals surface area contributed by atoms with Crippen LogP contribution in [0.25, 0.3) is 11.4 Å². The summed E-state index contributed by atoms with van der Waals surface area (Å²) >= 11 is 1.55. The fourth-order valence-corrected chi connectivity index (χ4v) is 3.49. The van der Waals surface area contributed by atoms with Crippen LogP contribution in [0.4, 0.5) is 0 Å². The van der Waals surface area contributed by atoms with E-state index >= 15 is 0 Å². The van der Waals surface area contributed by atoms with E-state index in [1.54, 1.807) is 23.6 Å². The zero-order chi connectivity index (χ0) is 18.6. The van der Waals surface area contributed by atoms with E-state index in [-0.39, 0.29) is 0 Å². The zero-order valence-electron chi connectivity index (χ0n) is 15.0. The van der Waals surface area contributed by atoms with Crippen molar-refractivity contribution < 1.29 is 4.74 Å². The Morgan fingerprint density at radius 2 is 1.96 bits per heavy atom. The van der Waals surface area contributed by atoms with Crippen molar-refractivity contribution >= 4 is 11.8 Å². The molecule has 0 bridgehead atoms. The predicted molar refractivity (Wildman–Crippen MR) is 104 cm³/mol. The fraction of sp³-hybridized carbons (Fsp3) is 0.158. The van der Waals surface area contributed by atoms with Gasteiger partial charge in [-0.2, -0.15) is 9.78 Å². The van der Waals surface area contributed by atoms with Gasteiger partial charge in [-0.1, -0.05) is 36.0 Å². The Labute approximate surface area is 161 Å². The Kier molecular flexibility index (Phi) is 4.88. The molecule has 0 radical (unpaired) electrons. The second-order valence-electron chi connectivity index (χ2n) is 5.97. The fourth-order valence-electron chi connectivity index (χ4n) is 2.69. The first-order valence-corrected chi connectivity index (χ1v) is 9.38. The molecule has 4 aromatic rings. The topological polar surface area (TPSA) is 70.7 Å². The highest BCUT2D eigenvalue weighted by atomic mass is 32.2. The monoisotopic (exact) mass is 378 g/mol. The van der Waals surface area contributed by atoms with Crippen molar-refractivity contribution in [2.24, 2.45) is 0 Å². The van der Waals surface area contributed by atoms with E-state index in [9.17, 15) is 0 Å². The number of nitrogens with zero attached hydrogens (tertiary/aromatic N) is 6. The number of tetrazole rings is 1. The molecule has 7 nitrogen and oxygen atoms in total. The van der Waals surface area contributed by atoms with Crippen molar-refractivity contribution in [2.75, 3.05) is 7.11 Å². The van der Waals surface area contributed by atoms with Crippen LogP contribution in [-0.4, -0.2) is 37.1 Å². The Balaban J connectivity index is 1.54. The van der Waals surface area contributed by atoms with Crippen LogP contribution < -0.4 is 4.74 Å². The van der Waals surface area contributed by atoms with Gasteiger partial charge in [-0.25, -0.2) is 4.68 Å². The number of hydrogen-bond donors (Lipinski definition) is 0. The number of aryl methyl sites for hydroxylation is 1. The first-order chi connectivity index (χ1) is 13.2. The van der Waals surface area contributed by atoms with E-state index in [2.05, 4.69) is 20.6 Å². The molecule has 0 atom stereocenters. The highest BCUT2D eigenvalue weighted by molar-refractivity contribution is 7.98. The Morgan fingerprint density at radius 3 is 2.78 bits per heavy atom. The third-order valence-corrected chi connectivity index (χ3v) is 5.02. The molecule has 2 aromatic carbocycles. The smallest absolute Gasteiger partial charge is 0.214 e. The minimum atomic E-state index is 0.700. The van der Waals surface area contributed by atoms with Gasteiger partial charge < -0.3 is 4.74 Å². The molecule has 0 aliphatic carbocycles. The largest absolute Gasteiger partial charge is 0.494 e. The summed E-state index contributed by atoms with van der Waals surface area (Å²) in [5.74, 6) is 1.44. The van der Waals surface area contributed by atoms with Crippen LogP contribution in [0.5, 0.6) is 5.75 Å². The molecule has 0 saturated carbocycles.